The molecule has 2 aromatic carbocycles. The number of carbonyl (C=O) groups excluding carboxylic acids is 2. The first kappa shape index (κ1) is 19.8. The van der Waals surface area contributed by atoms with Gasteiger partial charge in [0.25, 0.3) is 5.91 Å². The fraction of sp³-hybridized carbons (Fsp3) is 0.304. The standard InChI is InChI=1S/C23H24FNO3/c1-14-8-11-18(15(2)12-14)22(26)25-17-10-9-16(13-17)21(23(27)28-3)19-6-4-5-7-20(19)24/h4-12,16-17,21H,13H2,1-3H3,(H,25,26)/t16-,17+,21-/m0/s1. The predicted molar refractivity (Wildman–Crippen MR) is 106 cm³/mol. The zero-order chi connectivity index (χ0) is 20.3. The van der Waals surface area contributed by atoms with E-state index in [-0.39, 0.29) is 17.9 Å². The molecule has 2 aromatic rings. The van der Waals surface area contributed by atoms with Gasteiger partial charge in [-0.05, 0) is 43.9 Å². The van der Waals surface area contributed by atoms with Crippen LogP contribution < -0.4 is 5.32 Å². The fourth-order valence-electron chi connectivity index (χ4n) is 3.78. The number of benzene rings is 2. The molecule has 0 saturated heterocycles. The lowest BCUT2D eigenvalue weighted by molar-refractivity contribution is -0.143. The predicted octanol–water partition coefficient (Wildman–Crippen LogP) is 4.07. The SMILES string of the molecule is COC(=O)[C@H](c1ccccc1F)[C@H]1C=C[C@@H](NC(=O)c2ccc(C)cc2C)C1. The summed E-state index contributed by atoms with van der Waals surface area (Å²) in [6.45, 7) is 3.88. The van der Waals surface area contributed by atoms with Gasteiger partial charge >= 0.3 is 5.97 Å². The van der Waals surface area contributed by atoms with Crippen molar-refractivity contribution in [1.29, 1.82) is 0 Å². The number of carbonyl (C=O) groups is 2. The van der Waals surface area contributed by atoms with Crippen LogP contribution in [0, 0.1) is 25.6 Å². The monoisotopic (exact) mass is 381 g/mol. The van der Waals surface area contributed by atoms with Gasteiger partial charge < -0.3 is 10.1 Å². The molecule has 0 unspecified atom stereocenters. The van der Waals surface area contributed by atoms with E-state index in [1.165, 1.54) is 13.2 Å². The second-order valence-corrected chi connectivity index (χ2v) is 7.21. The summed E-state index contributed by atoms with van der Waals surface area (Å²) >= 11 is 0. The van der Waals surface area contributed by atoms with E-state index in [1.807, 2.05) is 44.2 Å². The number of hydrogen-bond donors (Lipinski definition) is 1. The Morgan fingerprint density at radius 2 is 1.89 bits per heavy atom. The first-order chi connectivity index (χ1) is 13.4. The Labute approximate surface area is 164 Å². The van der Waals surface area contributed by atoms with Gasteiger partial charge in [-0.15, -0.1) is 0 Å². The smallest absolute Gasteiger partial charge is 0.313 e. The quantitative estimate of drug-likeness (QED) is 0.627. The zero-order valence-electron chi connectivity index (χ0n) is 16.2. The van der Waals surface area contributed by atoms with E-state index < -0.39 is 17.7 Å². The van der Waals surface area contributed by atoms with Gasteiger partial charge in [-0.25, -0.2) is 4.39 Å². The Kier molecular flexibility index (Phi) is 5.93. The van der Waals surface area contributed by atoms with E-state index in [1.54, 1.807) is 18.2 Å². The first-order valence-corrected chi connectivity index (χ1v) is 9.29. The van der Waals surface area contributed by atoms with Crippen LogP contribution in [-0.2, 0) is 9.53 Å². The number of halogens is 1. The molecule has 0 aliphatic heterocycles. The van der Waals surface area contributed by atoms with Crippen molar-refractivity contribution in [3.8, 4) is 0 Å². The molecule has 146 valence electrons. The van der Waals surface area contributed by atoms with Crippen molar-refractivity contribution < 1.29 is 18.7 Å². The molecule has 0 fully saturated rings. The molecule has 0 aromatic heterocycles. The Morgan fingerprint density at radius 3 is 2.57 bits per heavy atom. The maximum Gasteiger partial charge on any atom is 0.313 e. The molecule has 0 bridgehead atoms. The summed E-state index contributed by atoms with van der Waals surface area (Å²) in [6, 6.07) is 11.7. The first-order valence-electron chi connectivity index (χ1n) is 9.29. The third-order valence-corrected chi connectivity index (χ3v) is 5.18. The van der Waals surface area contributed by atoms with Gasteiger partial charge in [-0.3, -0.25) is 9.59 Å². The molecule has 1 amide bonds. The molecule has 28 heavy (non-hydrogen) atoms. The summed E-state index contributed by atoms with van der Waals surface area (Å²) in [5, 5.41) is 2.99. The van der Waals surface area contributed by atoms with Crippen LogP contribution >= 0.6 is 0 Å². The highest BCUT2D eigenvalue weighted by Gasteiger charge is 2.35. The van der Waals surface area contributed by atoms with Gasteiger partial charge in [-0.2, -0.15) is 0 Å². The minimum absolute atomic E-state index is 0.159. The van der Waals surface area contributed by atoms with Crippen LogP contribution in [-0.4, -0.2) is 25.0 Å². The van der Waals surface area contributed by atoms with Gasteiger partial charge in [0.05, 0.1) is 13.0 Å². The molecule has 0 saturated carbocycles. The molecular formula is C23H24FNO3. The second kappa shape index (κ2) is 8.38. The maximum absolute atomic E-state index is 14.3. The van der Waals surface area contributed by atoms with Crippen LogP contribution in [0.25, 0.3) is 0 Å². The van der Waals surface area contributed by atoms with Gasteiger partial charge in [0.2, 0.25) is 0 Å². The van der Waals surface area contributed by atoms with Crippen molar-refractivity contribution >= 4 is 11.9 Å². The van der Waals surface area contributed by atoms with Crippen LogP contribution in [0.1, 0.15) is 39.4 Å². The average Bonchev–Trinajstić information content (AvgIpc) is 3.11. The number of hydrogen-bond acceptors (Lipinski definition) is 3. The van der Waals surface area contributed by atoms with Gasteiger partial charge in [0.15, 0.2) is 0 Å². The van der Waals surface area contributed by atoms with E-state index in [9.17, 15) is 14.0 Å². The third kappa shape index (κ3) is 4.14. The van der Waals surface area contributed by atoms with Crippen molar-refractivity contribution in [2.75, 3.05) is 7.11 Å². The minimum atomic E-state index is -0.745. The maximum atomic E-state index is 14.3. The lowest BCUT2D eigenvalue weighted by atomic mass is 9.85. The number of esters is 1. The molecule has 0 radical (unpaired) electrons. The third-order valence-electron chi connectivity index (χ3n) is 5.18. The van der Waals surface area contributed by atoms with Gasteiger partial charge in [0.1, 0.15) is 5.82 Å². The highest BCUT2D eigenvalue weighted by atomic mass is 19.1. The molecule has 3 atom stereocenters. The number of aryl methyl sites for hydroxylation is 2. The van der Waals surface area contributed by atoms with E-state index >= 15 is 0 Å². The van der Waals surface area contributed by atoms with E-state index in [0.29, 0.717) is 17.5 Å². The molecule has 3 rings (SSSR count). The van der Waals surface area contributed by atoms with Crippen molar-refractivity contribution in [2.24, 2.45) is 5.92 Å². The lowest BCUT2D eigenvalue weighted by Crippen LogP contribution is -2.34. The highest BCUT2D eigenvalue weighted by molar-refractivity contribution is 5.96. The molecule has 1 aliphatic rings. The number of allylic oxidation sites excluding steroid dienone is 1. The van der Waals surface area contributed by atoms with Crippen molar-refractivity contribution in [2.45, 2.75) is 32.2 Å². The zero-order valence-corrected chi connectivity index (χ0v) is 16.2. The molecule has 0 heterocycles. The van der Waals surface area contributed by atoms with Crippen molar-refractivity contribution in [3.63, 3.8) is 0 Å². The average molecular weight is 381 g/mol. The Balaban J connectivity index is 1.74. The lowest BCUT2D eigenvalue weighted by Gasteiger charge is -2.22. The number of rotatable bonds is 5. The summed E-state index contributed by atoms with van der Waals surface area (Å²) in [5.41, 5.74) is 2.95. The van der Waals surface area contributed by atoms with Crippen molar-refractivity contribution in [3.05, 3.63) is 82.7 Å². The molecular weight excluding hydrogens is 357 g/mol. The normalized spacial score (nSPS) is 19.3. The molecule has 1 N–H and O–H groups in total. The topological polar surface area (TPSA) is 55.4 Å². The molecule has 5 heteroatoms. The van der Waals surface area contributed by atoms with E-state index in [4.69, 9.17) is 4.74 Å². The number of methoxy groups -OCH3 is 1. The molecule has 1 aliphatic carbocycles. The van der Waals surface area contributed by atoms with Crippen LogP contribution in [0.15, 0.2) is 54.6 Å². The Hall–Kier alpha value is -2.95. The van der Waals surface area contributed by atoms with Gasteiger partial charge in [-0.1, -0.05) is 48.0 Å². The van der Waals surface area contributed by atoms with E-state index in [2.05, 4.69) is 5.32 Å². The summed E-state index contributed by atoms with van der Waals surface area (Å²) in [4.78, 5) is 25.0. The largest absolute Gasteiger partial charge is 0.469 e. The van der Waals surface area contributed by atoms with Gasteiger partial charge in [0, 0.05) is 17.2 Å². The Morgan fingerprint density at radius 1 is 1.14 bits per heavy atom. The number of nitrogens with one attached hydrogen (secondary N) is 1. The summed E-state index contributed by atoms with van der Waals surface area (Å²) in [7, 11) is 1.30. The van der Waals surface area contributed by atoms with Crippen LogP contribution in [0.5, 0.6) is 0 Å². The second-order valence-electron chi connectivity index (χ2n) is 7.21. The van der Waals surface area contributed by atoms with Crippen LogP contribution in [0.2, 0.25) is 0 Å². The molecule has 4 nitrogen and oxygen atoms in total. The highest BCUT2D eigenvalue weighted by Crippen LogP contribution is 2.35. The van der Waals surface area contributed by atoms with Crippen LogP contribution in [0.3, 0.4) is 0 Å². The fourth-order valence-corrected chi connectivity index (χ4v) is 3.78. The van der Waals surface area contributed by atoms with Crippen molar-refractivity contribution in [1.82, 2.24) is 5.32 Å². The summed E-state index contributed by atoms with van der Waals surface area (Å²) in [6.07, 6.45) is 4.23. The van der Waals surface area contributed by atoms with E-state index in [0.717, 1.165) is 11.1 Å². The summed E-state index contributed by atoms with van der Waals surface area (Å²) in [5.74, 6) is -2.08. The minimum Gasteiger partial charge on any atom is -0.469 e. The number of ether oxygens (including phenoxy) is 1. The molecule has 0 spiro atoms. The van der Waals surface area contributed by atoms with Crippen LogP contribution in [0.4, 0.5) is 4.39 Å². The summed E-state index contributed by atoms with van der Waals surface area (Å²) < 4.78 is 19.2. The Bertz CT molecular complexity index is 922. The number of amides is 1.